The van der Waals surface area contributed by atoms with Crippen molar-refractivity contribution in [2.45, 2.75) is 37.7 Å². The summed E-state index contributed by atoms with van der Waals surface area (Å²) in [5, 5.41) is 6.96. The molecular formula is C19H26N2O3. The summed E-state index contributed by atoms with van der Waals surface area (Å²) in [6.45, 7) is 6.00. The lowest BCUT2D eigenvalue weighted by Gasteiger charge is -2.33. The molecule has 0 saturated carbocycles. The standard InChI is InChI=1S/C19H26N2O3/c1-3-8-18-17(20-21-12-7-11-16(21)13-22-2)14-23-19(24-18)15-9-5-4-6-10-15/h3-6,9-10,16,18-19H,1,7-8,11-14H2,2H3/b20-17+/t16-,18-,19+/m1/s1. The molecule has 2 saturated heterocycles. The summed E-state index contributed by atoms with van der Waals surface area (Å²) in [6, 6.07) is 10.4. The van der Waals surface area contributed by atoms with Gasteiger partial charge in [-0.15, -0.1) is 6.58 Å². The number of methoxy groups -OCH3 is 1. The molecule has 0 unspecified atom stereocenters. The maximum Gasteiger partial charge on any atom is 0.185 e. The predicted octanol–water partition coefficient (Wildman–Crippen LogP) is 3.14. The van der Waals surface area contributed by atoms with E-state index in [1.54, 1.807) is 7.11 Å². The summed E-state index contributed by atoms with van der Waals surface area (Å²) in [6.07, 6.45) is 4.43. The Morgan fingerprint density at radius 1 is 1.38 bits per heavy atom. The molecular weight excluding hydrogens is 304 g/mol. The molecule has 3 atom stereocenters. The van der Waals surface area contributed by atoms with E-state index in [1.165, 1.54) is 0 Å². The monoisotopic (exact) mass is 330 g/mol. The zero-order valence-corrected chi connectivity index (χ0v) is 14.3. The number of nitrogens with zero attached hydrogens (tertiary/aromatic N) is 2. The molecule has 24 heavy (non-hydrogen) atoms. The highest BCUT2D eigenvalue weighted by molar-refractivity contribution is 5.90. The third-order valence-corrected chi connectivity index (χ3v) is 4.46. The van der Waals surface area contributed by atoms with Crippen molar-refractivity contribution < 1.29 is 14.2 Å². The molecule has 0 N–H and O–H groups in total. The SMILES string of the molecule is C=CC[C@H]1O[C@@H](c2ccccc2)OC/C1=N\N1CCC[C@@H]1COC. The van der Waals surface area contributed by atoms with Gasteiger partial charge in [0.25, 0.3) is 0 Å². The van der Waals surface area contributed by atoms with Crippen molar-refractivity contribution in [1.82, 2.24) is 5.01 Å². The highest BCUT2D eigenvalue weighted by Crippen LogP contribution is 2.28. The van der Waals surface area contributed by atoms with Crippen LogP contribution in [0.2, 0.25) is 0 Å². The number of hydrogen-bond donors (Lipinski definition) is 0. The molecule has 5 heteroatoms. The molecule has 130 valence electrons. The Morgan fingerprint density at radius 3 is 2.96 bits per heavy atom. The predicted molar refractivity (Wildman–Crippen MR) is 93.9 cm³/mol. The highest BCUT2D eigenvalue weighted by atomic mass is 16.7. The van der Waals surface area contributed by atoms with Crippen LogP contribution in [-0.2, 0) is 14.2 Å². The zero-order valence-electron chi connectivity index (χ0n) is 14.3. The van der Waals surface area contributed by atoms with E-state index in [4.69, 9.17) is 19.3 Å². The van der Waals surface area contributed by atoms with Crippen LogP contribution in [0.3, 0.4) is 0 Å². The van der Waals surface area contributed by atoms with Crippen molar-refractivity contribution in [1.29, 1.82) is 0 Å². The second kappa shape index (κ2) is 8.42. The number of rotatable bonds is 6. The lowest BCUT2D eigenvalue weighted by atomic mass is 10.1. The fourth-order valence-corrected chi connectivity index (χ4v) is 3.22. The van der Waals surface area contributed by atoms with Gasteiger partial charge in [-0.2, -0.15) is 5.10 Å². The first-order chi connectivity index (χ1) is 11.8. The molecule has 0 radical (unpaired) electrons. The number of benzene rings is 1. The molecule has 0 spiro atoms. The van der Waals surface area contributed by atoms with Gasteiger partial charge in [-0.3, -0.25) is 5.01 Å². The fraction of sp³-hybridized carbons (Fsp3) is 0.526. The Morgan fingerprint density at radius 2 is 2.21 bits per heavy atom. The Hall–Kier alpha value is -1.69. The van der Waals surface area contributed by atoms with Crippen LogP contribution in [0.25, 0.3) is 0 Å². The van der Waals surface area contributed by atoms with E-state index in [2.05, 4.69) is 11.6 Å². The van der Waals surface area contributed by atoms with E-state index in [9.17, 15) is 0 Å². The van der Waals surface area contributed by atoms with Crippen molar-refractivity contribution in [2.24, 2.45) is 5.10 Å². The van der Waals surface area contributed by atoms with Crippen LogP contribution in [0, 0.1) is 0 Å². The van der Waals surface area contributed by atoms with Crippen molar-refractivity contribution >= 4 is 5.71 Å². The van der Waals surface area contributed by atoms with Gasteiger partial charge in [0.05, 0.1) is 25.0 Å². The third kappa shape index (κ3) is 4.04. The van der Waals surface area contributed by atoms with Crippen molar-refractivity contribution in [3.05, 3.63) is 48.6 Å². The van der Waals surface area contributed by atoms with E-state index < -0.39 is 0 Å². The Labute approximate surface area is 143 Å². The average Bonchev–Trinajstić information content (AvgIpc) is 3.05. The number of hydrogen-bond acceptors (Lipinski definition) is 5. The Balaban J connectivity index is 1.72. The minimum Gasteiger partial charge on any atom is -0.382 e. The molecule has 5 nitrogen and oxygen atoms in total. The lowest BCUT2D eigenvalue weighted by molar-refractivity contribution is -0.171. The van der Waals surface area contributed by atoms with Crippen LogP contribution in [0.5, 0.6) is 0 Å². The summed E-state index contributed by atoms with van der Waals surface area (Å²) < 4.78 is 17.4. The van der Waals surface area contributed by atoms with Crippen molar-refractivity contribution in [3.63, 3.8) is 0 Å². The maximum atomic E-state index is 6.15. The largest absolute Gasteiger partial charge is 0.382 e. The van der Waals surface area contributed by atoms with Crippen LogP contribution in [-0.4, -0.2) is 49.7 Å². The van der Waals surface area contributed by atoms with E-state index in [1.807, 2.05) is 36.4 Å². The van der Waals surface area contributed by atoms with E-state index in [0.29, 0.717) is 19.3 Å². The molecule has 3 rings (SSSR count). The molecule has 0 aromatic heterocycles. The minimum atomic E-state index is -0.344. The molecule has 2 aliphatic rings. The quantitative estimate of drug-likeness (QED) is 0.752. The average molecular weight is 330 g/mol. The summed E-state index contributed by atoms with van der Waals surface area (Å²) >= 11 is 0. The minimum absolute atomic E-state index is 0.0924. The first-order valence-corrected chi connectivity index (χ1v) is 8.57. The molecule has 1 aromatic carbocycles. The second-order valence-electron chi connectivity index (χ2n) is 6.21. The van der Waals surface area contributed by atoms with Crippen molar-refractivity contribution in [2.75, 3.05) is 26.9 Å². The summed E-state index contributed by atoms with van der Waals surface area (Å²) in [7, 11) is 1.74. The summed E-state index contributed by atoms with van der Waals surface area (Å²) in [4.78, 5) is 0. The van der Waals surface area contributed by atoms with Gasteiger partial charge in [0.15, 0.2) is 6.29 Å². The van der Waals surface area contributed by atoms with E-state index >= 15 is 0 Å². The zero-order chi connectivity index (χ0) is 16.8. The Bertz CT molecular complexity index is 561. The first kappa shape index (κ1) is 17.1. The van der Waals surface area contributed by atoms with Crippen LogP contribution >= 0.6 is 0 Å². The lowest BCUT2D eigenvalue weighted by Crippen LogP contribution is -2.39. The van der Waals surface area contributed by atoms with Crippen LogP contribution < -0.4 is 0 Å². The summed E-state index contributed by atoms with van der Waals surface area (Å²) in [5.41, 5.74) is 1.97. The second-order valence-corrected chi connectivity index (χ2v) is 6.21. The number of hydrazone groups is 1. The summed E-state index contributed by atoms with van der Waals surface area (Å²) in [5.74, 6) is 0. The highest BCUT2D eigenvalue weighted by Gasteiger charge is 2.31. The molecule has 1 aromatic rings. The smallest absolute Gasteiger partial charge is 0.185 e. The normalized spacial score (nSPS) is 29.1. The molecule has 2 fully saturated rings. The van der Waals surface area contributed by atoms with E-state index in [-0.39, 0.29) is 12.4 Å². The van der Waals surface area contributed by atoms with Crippen LogP contribution in [0.1, 0.15) is 31.1 Å². The van der Waals surface area contributed by atoms with Crippen LogP contribution in [0.4, 0.5) is 0 Å². The molecule has 2 aliphatic heterocycles. The molecule has 0 amide bonds. The molecule has 0 bridgehead atoms. The topological polar surface area (TPSA) is 43.3 Å². The van der Waals surface area contributed by atoms with Gasteiger partial charge >= 0.3 is 0 Å². The van der Waals surface area contributed by atoms with Gasteiger partial charge in [-0.25, -0.2) is 0 Å². The first-order valence-electron chi connectivity index (χ1n) is 8.57. The van der Waals surface area contributed by atoms with E-state index in [0.717, 1.165) is 37.1 Å². The Kier molecular flexibility index (Phi) is 6.01. The van der Waals surface area contributed by atoms with Crippen molar-refractivity contribution in [3.8, 4) is 0 Å². The van der Waals surface area contributed by atoms with Gasteiger partial charge in [-0.05, 0) is 19.3 Å². The van der Waals surface area contributed by atoms with Crippen LogP contribution in [0.15, 0.2) is 48.1 Å². The fourth-order valence-electron chi connectivity index (χ4n) is 3.22. The third-order valence-electron chi connectivity index (χ3n) is 4.46. The van der Waals surface area contributed by atoms with Gasteiger partial charge < -0.3 is 14.2 Å². The molecule has 0 aliphatic carbocycles. The maximum absolute atomic E-state index is 6.15. The number of ether oxygens (including phenoxy) is 3. The molecule has 2 heterocycles. The van der Waals surface area contributed by atoms with Gasteiger partial charge in [0.1, 0.15) is 6.10 Å². The van der Waals surface area contributed by atoms with Gasteiger partial charge in [-0.1, -0.05) is 36.4 Å². The van der Waals surface area contributed by atoms with Gasteiger partial charge in [0.2, 0.25) is 0 Å². The van der Waals surface area contributed by atoms with Gasteiger partial charge in [0, 0.05) is 19.2 Å².